The molecule has 0 fully saturated rings. The van der Waals surface area contributed by atoms with Crippen molar-refractivity contribution in [1.82, 2.24) is 0 Å². The van der Waals surface area contributed by atoms with Crippen molar-refractivity contribution in [3.8, 4) is 0 Å². The summed E-state index contributed by atoms with van der Waals surface area (Å²) in [5.74, 6) is -1.88. The molecule has 0 aliphatic carbocycles. The number of sulfonamides is 1. The molecule has 0 unspecified atom stereocenters. The predicted octanol–water partition coefficient (Wildman–Crippen LogP) is 4.83. The highest BCUT2D eigenvalue weighted by Crippen LogP contribution is 2.34. The first-order valence-electron chi connectivity index (χ1n) is 5.33. The van der Waals surface area contributed by atoms with Gasteiger partial charge in [0.15, 0.2) is 0 Å². The smallest absolute Gasteiger partial charge is 0.264 e. The van der Waals surface area contributed by atoms with Gasteiger partial charge in [0.05, 0.1) is 15.7 Å². The standard InChI is InChI=1S/C12H6BrCl2F2NO2S/c13-6-3-8(14)12(9(15)4-6)21(19,20)18-11-2-1-7(16)5-10(11)17/h1-5,18H. The zero-order valence-electron chi connectivity index (χ0n) is 10.0. The predicted molar refractivity (Wildman–Crippen MR) is 81.3 cm³/mol. The van der Waals surface area contributed by atoms with Crippen LogP contribution in [-0.4, -0.2) is 8.42 Å². The lowest BCUT2D eigenvalue weighted by atomic mass is 10.3. The van der Waals surface area contributed by atoms with E-state index < -0.39 is 32.2 Å². The Kier molecular flexibility index (Phi) is 4.77. The molecule has 0 heterocycles. The van der Waals surface area contributed by atoms with E-state index in [1.807, 2.05) is 4.72 Å². The van der Waals surface area contributed by atoms with Crippen LogP contribution in [0.5, 0.6) is 0 Å². The second-order valence-electron chi connectivity index (χ2n) is 3.93. The Hall–Kier alpha value is -0.890. The molecule has 9 heteroatoms. The second kappa shape index (κ2) is 6.08. The molecular weight excluding hydrogens is 411 g/mol. The van der Waals surface area contributed by atoms with Gasteiger partial charge in [-0.2, -0.15) is 0 Å². The molecule has 2 rings (SSSR count). The van der Waals surface area contributed by atoms with E-state index in [-0.39, 0.29) is 10.0 Å². The van der Waals surface area contributed by atoms with Crippen molar-refractivity contribution < 1.29 is 17.2 Å². The Balaban J connectivity index is 2.48. The van der Waals surface area contributed by atoms with E-state index >= 15 is 0 Å². The average molecular weight is 417 g/mol. The maximum atomic E-state index is 13.5. The van der Waals surface area contributed by atoms with Crippen molar-refractivity contribution >= 4 is 54.8 Å². The molecule has 0 amide bonds. The molecule has 0 saturated carbocycles. The summed E-state index contributed by atoms with van der Waals surface area (Å²) in [6.45, 7) is 0. The van der Waals surface area contributed by atoms with Crippen LogP contribution in [0.15, 0.2) is 39.7 Å². The normalized spacial score (nSPS) is 11.5. The molecule has 112 valence electrons. The molecule has 0 spiro atoms. The number of hydrogen-bond donors (Lipinski definition) is 1. The van der Waals surface area contributed by atoms with E-state index in [0.717, 1.165) is 12.1 Å². The van der Waals surface area contributed by atoms with Crippen molar-refractivity contribution in [1.29, 1.82) is 0 Å². The summed E-state index contributed by atoms with van der Waals surface area (Å²) in [6.07, 6.45) is 0. The Bertz CT molecular complexity index is 792. The zero-order valence-corrected chi connectivity index (χ0v) is 13.9. The van der Waals surface area contributed by atoms with Crippen LogP contribution in [0.25, 0.3) is 0 Å². The van der Waals surface area contributed by atoms with Gasteiger partial charge in [-0.15, -0.1) is 0 Å². The third-order valence-electron chi connectivity index (χ3n) is 2.41. The molecular formula is C12H6BrCl2F2NO2S. The Labute approximate surface area is 138 Å². The van der Waals surface area contributed by atoms with Gasteiger partial charge in [-0.3, -0.25) is 4.72 Å². The van der Waals surface area contributed by atoms with E-state index in [1.54, 1.807) is 0 Å². The van der Waals surface area contributed by atoms with Crippen molar-refractivity contribution in [2.75, 3.05) is 4.72 Å². The Morgan fingerprint density at radius 3 is 2.14 bits per heavy atom. The van der Waals surface area contributed by atoms with Gasteiger partial charge in [-0.25, -0.2) is 17.2 Å². The van der Waals surface area contributed by atoms with E-state index in [1.165, 1.54) is 12.1 Å². The van der Waals surface area contributed by atoms with E-state index in [2.05, 4.69) is 15.9 Å². The Morgan fingerprint density at radius 1 is 1.05 bits per heavy atom. The maximum absolute atomic E-state index is 13.5. The lowest BCUT2D eigenvalue weighted by Gasteiger charge is -2.12. The monoisotopic (exact) mass is 415 g/mol. The van der Waals surface area contributed by atoms with Crippen LogP contribution in [0, 0.1) is 11.6 Å². The molecule has 0 bridgehead atoms. The fraction of sp³-hybridized carbons (Fsp3) is 0. The molecule has 2 aromatic rings. The molecule has 0 radical (unpaired) electrons. The topological polar surface area (TPSA) is 46.2 Å². The van der Waals surface area contributed by atoms with Crippen LogP contribution in [0.2, 0.25) is 10.0 Å². The van der Waals surface area contributed by atoms with Gasteiger partial charge in [0.2, 0.25) is 0 Å². The Morgan fingerprint density at radius 2 is 1.62 bits per heavy atom. The number of rotatable bonds is 3. The molecule has 0 saturated heterocycles. The number of benzene rings is 2. The van der Waals surface area contributed by atoms with Gasteiger partial charge in [0.1, 0.15) is 16.5 Å². The quantitative estimate of drug-likeness (QED) is 0.778. The fourth-order valence-electron chi connectivity index (χ4n) is 1.55. The summed E-state index contributed by atoms with van der Waals surface area (Å²) >= 11 is 14.8. The zero-order chi connectivity index (χ0) is 15.8. The SMILES string of the molecule is O=S(=O)(Nc1ccc(F)cc1F)c1c(Cl)cc(Br)cc1Cl. The first-order chi connectivity index (χ1) is 9.70. The third-order valence-corrected chi connectivity index (χ3v) is 5.15. The average Bonchev–Trinajstić information content (AvgIpc) is 2.30. The molecule has 0 aromatic heterocycles. The van der Waals surface area contributed by atoms with E-state index in [0.29, 0.717) is 10.5 Å². The number of nitrogens with one attached hydrogen (secondary N) is 1. The van der Waals surface area contributed by atoms with Crippen molar-refractivity contribution in [3.63, 3.8) is 0 Å². The van der Waals surface area contributed by atoms with Crippen LogP contribution in [0.1, 0.15) is 0 Å². The summed E-state index contributed by atoms with van der Waals surface area (Å²) in [4.78, 5) is -0.391. The van der Waals surface area contributed by atoms with Crippen LogP contribution in [0.4, 0.5) is 14.5 Å². The molecule has 21 heavy (non-hydrogen) atoms. The number of hydrogen-bond acceptors (Lipinski definition) is 2. The molecule has 0 aliphatic rings. The highest BCUT2D eigenvalue weighted by Gasteiger charge is 2.23. The highest BCUT2D eigenvalue weighted by atomic mass is 79.9. The molecule has 0 aliphatic heterocycles. The fourth-order valence-corrected chi connectivity index (χ4v) is 4.56. The van der Waals surface area contributed by atoms with Crippen molar-refractivity contribution in [2.24, 2.45) is 0 Å². The van der Waals surface area contributed by atoms with Gasteiger partial charge in [0.25, 0.3) is 10.0 Å². The number of halogens is 5. The van der Waals surface area contributed by atoms with Gasteiger partial charge in [0, 0.05) is 10.5 Å². The lowest BCUT2D eigenvalue weighted by molar-refractivity contribution is 0.583. The first kappa shape index (κ1) is 16.5. The highest BCUT2D eigenvalue weighted by molar-refractivity contribution is 9.10. The van der Waals surface area contributed by atoms with Crippen molar-refractivity contribution in [2.45, 2.75) is 4.90 Å². The first-order valence-corrected chi connectivity index (χ1v) is 8.36. The molecule has 3 nitrogen and oxygen atoms in total. The lowest BCUT2D eigenvalue weighted by Crippen LogP contribution is -2.15. The molecule has 0 atom stereocenters. The van der Waals surface area contributed by atoms with Crippen LogP contribution >= 0.6 is 39.1 Å². The summed E-state index contributed by atoms with van der Waals surface area (Å²) in [6, 6.07) is 5.11. The minimum absolute atomic E-state index is 0.135. The third kappa shape index (κ3) is 3.66. The van der Waals surface area contributed by atoms with E-state index in [9.17, 15) is 17.2 Å². The van der Waals surface area contributed by atoms with Gasteiger partial charge in [-0.1, -0.05) is 39.1 Å². The van der Waals surface area contributed by atoms with Gasteiger partial charge in [-0.05, 0) is 24.3 Å². The van der Waals surface area contributed by atoms with E-state index in [4.69, 9.17) is 23.2 Å². The number of anilines is 1. The maximum Gasteiger partial charge on any atom is 0.264 e. The van der Waals surface area contributed by atoms with Crippen LogP contribution < -0.4 is 4.72 Å². The summed E-state index contributed by atoms with van der Waals surface area (Å²) < 4.78 is 53.3. The minimum atomic E-state index is -4.22. The van der Waals surface area contributed by atoms with Crippen molar-refractivity contribution in [3.05, 3.63) is 56.5 Å². The second-order valence-corrected chi connectivity index (χ2v) is 7.28. The molecule has 1 N–H and O–H groups in total. The van der Waals surface area contributed by atoms with Crippen LogP contribution in [-0.2, 0) is 10.0 Å². The summed E-state index contributed by atoms with van der Waals surface area (Å²) in [7, 11) is -4.22. The summed E-state index contributed by atoms with van der Waals surface area (Å²) in [5, 5.41) is -0.270. The van der Waals surface area contributed by atoms with Gasteiger partial charge >= 0.3 is 0 Å². The largest absolute Gasteiger partial charge is 0.277 e. The molecule has 2 aromatic carbocycles. The van der Waals surface area contributed by atoms with Gasteiger partial charge < -0.3 is 0 Å². The van der Waals surface area contributed by atoms with Crippen LogP contribution in [0.3, 0.4) is 0 Å². The summed E-state index contributed by atoms with van der Waals surface area (Å²) in [5.41, 5.74) is -0.411. The minimum Gasteiger partial charge on any atom is -0.277 e.